The van der Waals surface area contributed by atoms with Gasteiger partial charge in [0.25, 0.3) is 0 Å². The number of piperidine rings is 1. The summed E-state index contributed by atoms with van der Waals surface area (Å²) in [7, 11) is 0. The van der Waals surface area contributed by atoms with Crippen LogP contribution in [0.5, 0.6) is 0 Å². The monoisotopic (exact) mass is 373 g/mol. The summed E-state index contributed by atoms with van der Waals surface area (Å²) in [4.78, 5) is 15.3. The van der Waals surface area contributed by atoms with Crippen molar-refractivity contribution in [2.24, 2.45) is 5.41 Å². The number of rotatable bonds is 4. The van der Waals surface area contributed by atoms with Gasteiger partial charge in [-0.25, -0.2) is 0 Å². The normalized spacial score (nSPS) is 24.2. The van der Waals surface area contributed by atoms with Crippen LogP contribution in [0.25, 0.3) is 0 Å². The van der Waals surface area contributed by atoms with Gasteiger partial charge in [-0.2, -0.15) is 5.10 Å². The van der Waals surface area contributed by atoms with Crippen molar-refractivity contribution in [2.45, 2.75) is 84.0 Å². The summed E-state index contributed by atoms with van der Waals surface area (Å²) in [6.07, 6.45) is 9.86. The van der Waals surface area contributed by atoms with E-state index in [2.05, 4.69) is 33.2 Å². The molecule has 0 aromatic carbocycles. The van der Waals surface area contributed by atoms with E-state index in [0.29, 0.717) is 6.54 Å². The molecule has 6 nitrogen and oxygen atoms in total. The van der Waals surface area contributed by atoms with Crippen molar-refractivity contribution in [1.82, 2.24) is 25.3 Å². The zero-order valence-corrected chi connectivity index (χ0v) is 16.8. The molecule has 1 aromatic heterocycles. The summed E-state index contributed by atoms with van der Waals surface area (Å²) in [5.41, 5.74) is 2.08. The van der Waals surface area contributed by atoms with Crippen LogP contribution in [-0.4, -0.2) is 46.3 Å². The van der Waals surface area contributed by atoms with Crippen LogP contribution in [0.1, 0.15) is 69.7 Å². The van der Waals surface area contributed by atoms with E-state index in [4.69, 9.17) is 5.10 Å². The van der Waals surface area contributed by atoms with Crippen LogP contribution in [0.4, 0.5) is 0 Å². The molecule has 1 aliphatic carbocycles. The minimum atomic E-state index is -0.236. The van der Waals surface area contributed by atoms with Crippen molar-refractivity contribution in [3.8, 4) is 0 Å². The quantitative estimate of drug-likeness (QED) is 0.851. The lowest BCUT2D eigenvalue weighted by atomic mass is 9.80. The van der Waals surface area contributed by atoms with Gasteiger partial charge in [-0.3, -0.25) is 14.4 Å². The molecule has 0 unspecified atom stereocenters. The van der Waals surface area contributed by atoms with Crippen LogP contribution in [0.15, 0.2) is 6.07 Å². The summed E-state index contributed by atoms with van der Waals surface area (Å²) in [6.45, 7) is 7.69. The molecule has 0 radical (unpaired) electrons. The highest BCUT2D eigenvalue weighted by molar-refractivity contribution is 5.82. The number of fused-ring (bicyclic) bond motifs is 1. The number of hydrogen-bond donors (Lipinski definition) is 2. The number of carbonyl (C=O) groups excluding carboxylic acids is 1. The molecular formula is C21H35N5O. The number of nitrogens with zero attached hydrogens (tertiary/aromatic N) is 3. The maximum atomic E-state index is 12.7. The number of nitrogens with one attached hydrogen (secondary N) is 2. The van der Waals surface area contributed by atoms with Crippen LogP contribution in [-0.2, 0) is 24.4 Å². The standard InChI is InChI=1S/C21H35N5O/c1-21(8-10-22-11-9-21)20(27)23-15-17-14-19-16-25(12-5-13-26(19)24-17)18-6-3-2-4-7-18/h14,18,22H,2-13,15-16H2,1H3,(H,23,27). The molecule has 3 aliphatic rings. The topological polar surface area (TPSA) is 62.2 Å². The fourth-order valence-corrected chi connectivity index (χ4v) is 4.98. The first-order valence-corrected chi connectivity index (χ1v) is 10.9. The second-order valence-corrected chi connectivity index (χ2v) is 8.96. The molecule has 4 rings (SSSR count). The van der Waals surface area contributed by atoms with E-state index in [1.807, 2.05) is 0 Å². The first-order valence-electron chi connectivity index (χ1n) is 10.9. The highest BCUT2D eigenvalue weighted by Gasteiger charge is 2.34. The lowest BCUT2D eigenvalue weighted by molar-refractivity contribution is -0.131. The van der Waals surface area contributed by atoms with Crippen molar-refractivity contribution in [1.29, 1.82) is 0 Å². The average Bonchev–Trinajstić information content (AvgIpc) is 2.97. The molecule has 27 heavy (non-hydrogen) atoms. The van der Waals surface area contributed by atoms with Crippen LogP contribution < -0.4 is 10.6 Å². The third kappa shape index (κ3) is 4.37. The molecule has 150 valence electrons. The lowest BCUT2D eigenvalue weighted by Gasteiger charge is -2.33. The van der Waals surface area contributed by atoms with Crippen molar-refractivity contribution in [3.05, 3.63) is 17.5 Å². The van der Waals surface area contributed by atoms with Gasteiger partial charge in [0.05, 0.1) is 17.9 Å². The predicted molar refractivity (Wildman–Crippen MR) is 106 cm³/mol. The molecule has 1 saturated heterocycles. The first-order chi connectivity index (χ1) is 13.1. The minimum Gasteiger partial charge on any atom is -0.350 e. The molecule has 0 spiro atoms. The van der Waals surface area contributed by atoms with Gasteiger partial charge >= 0.3 is 0 Å². The van der Waals surface area contributed by atoms with Gasteiger partial charge < -0.3 is 10.6 Å². The Labute approximate surface area is 163 Å². The van der Waals surface area contributed by atoms with Crippen LogP contribution in [0, 0.1) is 5.41 Å². The first kappa shape index (κ1) is 18.9. The number of amides is 1. The number of hydrogen-bond acceptors (Lipinski definition) is 4. The maximum Gasteiger partial charge on any atom is 0.226 e. The molecule has 0 atom stereocenters. The van der Waals surface area contributed by atoms with Crippen molar-refractivity contribution >= 4 is 5.91 Å². The average molecular weight is 374 g/mol. The predicted octanol–water partition coefficient (Wildman–Crippen LogP) is 2.43. The zero-order chi connectivity index (χ0) is 18.7. The molecule has 1 amide bonds. The Balaban J connectivity index is 1.36. The van der Waals surface area contributed by atoms with E-state index in [-0.39, 0.29) is 11.3 Å². The van der Waals surface area contributed by atoms with Crippen LogP contribution >= 0.6 is 0 Å². The Hall–Kier alpha value is -1.40. The van der Waals surface area contributed by atoms with Crippen LogP contribution in [0.3, 0.4) is 0 Å². The number of aromatic nitrogens is 2. The molecule has 2 fully saturated rings. The fourth-order valence-electron chi connectivity index (χ4n) is 4.98. The molecule has 0 bridgehead atoms. The van der Waals surface area contributed by atoms with Gasteiger partial charge in [0.15, 0.2) is 0 Å². The van der Waals surface area contributed by atoms with E-state index < -0.39 is 0 Å². The highest BCUT2D eigenvalue weighted by Crippen LogP contribution is 2.28. The molecule has 1 saturated carbocycles. The van der Waals surface area contributed by atoms with E-state index in [9.17, 15) is 4.79 Å². The summed E-state index contributed by atoms with van der Waals surface area (Å²) in [5, 5.41) is 11.3. The Morgan fingerprint density at radius 2 is 2.00 bits per heavy atom. The summed E-state index contributed by atoms with van der Waals surface area (Å²) >= 11 is 0. The van der Waals surface area contributed by atoms with Gasteiger partial charge in [0, 0.05) is 31.1 Å². The molecular weight excluding hydrogens is 338 g/mol. The Kier molecular flexibility index (Phi) is 5.83. The molecule has 2 N–H and O–H groups in total. The van der Waals surface area contributed by atoms with Crippen molar-refractivity contribution in [2.75, 3.05) is 19.6 Å². The third-order valence-electron chi connectivity index (χ3n) is 6.87. The van der Waals surface area contributed by atoms with Gasteiger partial charge in [0.2, 0.25) is 5.91 Å². The van der Waals surface area contributed by atoms with E-state index in [0.717, 1.165) is 50.8 Å². The SMILES string of the molecule is CC1(C(=O)NCc2cc3n(n2)CCCN(C2CCCCC2)C3)CCNCC1. The van der Waals surface area contributed by atoms with Crippen molar-refractivity contribution in [3.63, 3.8) is 0 Å². The minimum absolute atomic E-state index is 0.177. The number of carbonyl (C=O) groups is 1. The van der Waals surface area contributed by atoms with Gasteiger partial charge in [0.1, 0.15) is 0 Å². The fraction of sp³-hybridized carbons (Fsp3) is 0.810. The lowest BCUT2D eigenvalue weighted by Crippen LogP contribution is -2.45. The molecule has 3 heterocycles. The third-order valence-corrected chi connectivity index (χ3v) is 6.87. The summed E-state index contributed by atoms with van der Waals surface area (Å²) in [5.74, 6) is 0.177. The highest BCUT2D eigenvalue weighted by atomic mass is 16.2. The Morgan fingerprint density at radius 3 is 2.78 bits per heavy atom. The second kappa shape index (κ2) is 8.31. The maximum absolute atomic E-state index is 12.7. The molecule has 2 aliphatic heterocycles. The smallest absolute Gasteiger partial charge is 0.226 e. The second-order valence-electron chi connectivity index (χ2n) is 8.96. The summed E-state index contributed by atoms with van der Waals surface area (Å²) in [6, 6.07) is 2.97. The van der Waals surface area contributed by atoms with Gasteiger partial charge in [-0.05, 0) is 51.3 Å². The Morgan fingerprint density at radius 1 is 1.22 bits per heavy atom. The zero-order valence-electron chi connectivity index (χ0n) is 16.8. The summed E-state index contributed by atoms with van der Waals surface area (Å²) < 4.78 is 2.18. The van der Waals surface area contributed by atoms with Gasteiger partial charge in [-0.15, -0.1) is 0 Å². The Bertz CT molecular complexity index is 643. The van der Waals surface area contributed by atoms with E-state index >= 15 is 0 Å². The molecule has 6 heteroatoms. The van der Waals surface area contributed by atoms with Crippen molar-refractivity contribution < 1.29 is 4.79 Å². The van der Waals surface area contributed by atoms with Crippen LogP contribution in [0.2, 0.25) is 0 Å². The van der Waals surface area contributed by atoms with E-state index in [1.54, 1.807) is 0 Å². The number of aryl methyl sites for hydroxylation is 1. The largest absolute Gasteiger partial charge is 0.350 e. The van der Waals surface area contributed by atoms with E-state index in [1.165, 1.54) is 50.8 Å². The molecule has 1 aromatic rings. The van der Waals surface area contributed by atoms with Gasteiger partial charge in [-0.1, -0.05) is 26.2 Å².